The Morgan fingerprint density at radius 3 is 2.56 bits per heavy atom. The van der Waals surface area contributed by atoms with E-state index in [9.17, 15) is 4.79 Å². The zero-order chi connectivity index (χ0) is 25.7. The van der Waals surface area contributed by atoms with E-state index < -0.39 is 0 Å². The molecule has 0 spiro atoms. The number of imidazole rings is 1. The Balaban J connectivity index is 1.68. The van der Waals surface area contributed by atoms with Crippen LogP contribution in [0.4, 0.5) is 5.69 Å². The van der Waals surface area contributed by atoms with Gasteiger partial charge in [0, 0.05) is 6.61 Å². The quantitative estimate of drug-likeness (QED) is 0.254. The third-order valence-electron chi connectivity index (χ3n) is 6.43. The number of ether oxygens (including phenoxy) is 2. The van der Waals surface area contributed by atoms with Gasteiger partial charge in [0.25, 0.3) is 0 Å². The number of fused-ring (bicyclic) bond motifs is 1. The molecule has 1 aromatic heterocycles. The molecule has 4 rings (SSSR count). The van der Waals surface area contributed by atoms with Crippen LogP contribution in [-0.4, -0.2) is 28.8 Å². The molecule has 0 bridgehead atoms. The van der Waals surface area contributed by atoms with Gasteiger partial charge in [-0.2, -0.15) is 0 Å². The van der Waals surface area contributed by atoms with Crippen LogP contribution in [0.2, 0.25) is 0 Å². The predicted molar refractivity (Wildman–Crippen MR) is 145 cm³/mol. The van der Waals surface area contributed by atoms with E-state index in [1.165, 1.54) is 0 Å². The molecule has 0 atom stereocenters. The Morgan fingerprint density at radius 1 is 0.972 bits per heavy atom. The molecule has 0 aliphatic heterocycles. The number of amides is 1. The van der Waals surface area contributed by atoms with Crippen LogP contribution < -0.4 is 9.64 Å². The fraction of sp³-hybridized carbons (Fsp3) is 0.333. The van der Waals surface area contributed by atoms with E-state index >= 15 is 0 Å². The number of aromatic nitrogens is 2. The van der Waals surface area contributed by atoms with Gasteiger partial charge >= 0.3 is 0 Å². The van der Waals surface area contributed by atoms with Gasteiger partial charge in [0.1, 0.15) is 31.5 Å². The monoisotopic (exact) mass is 485 g/mol. The van der Waals surface area contributed by atoms with Gasteiger partial charge in [0.05, 0.1) is 16.7 Å². The first kappa shape index (κ1) is 25.5. The molecule has 6 nitrogen and oxygen atoms in total. The lowest BCUT2D eigenvalue weighted by atomic mass is 10.0. The van der Waals surface area contributed by atoms with Gasteiger partial charge < -0.3 is 14.0 Å². The number of rotatable bonds is 10. The molecular weight excluding hydrogens is 450 g/mol. The van der Waals surface area contributed by atoms with E-state index in [2.05, 4.69) is 25.1 Å². The van der Waals surface area contributed by atoms with Gasteiger partial charge in [-0.3, -0.25) is 9.69 Å². The average molecular weight is 486 g/mol. The zero-order valence-electron chi connectivity index (χ0n) is 21.9. The standard InChI is InChI=1S/C30H35N3O3/c1-6-24-12-10-11-23(5)30(24)33(20-35-7-2)29(34)18-32-26-14-9-8-13-25(26)31-28(32)19-36-27-17-21(3)15-16-22(27)4/h8-17H,6-7,18-20H2,1-5H3. The van der Waals surface area contributed by atoms with Crippen LogP contribution in [0.5, 0.6) is 5.75 Å². The van der Waals surface area contributed by atoms with Crippen molar-refractivity contribution in [2.24, 2.45) is 0 Å². The number of carbonyl (C=O) groups excluding carboxylic acids is 1. The molecule has 0 saturated heterocycles. The van der Waals surface area contributed by atoms with Gasteiger partial charge in [-0.05, 0) is 74.6 Å². The minimum absolute atomic E-state index is 0.0522. The van der Waals surface area contributed by atoms with E-state index in [1.54, 1.807) is 4.90 Å². The number of anilines is 1. The molecule has 0 N–H and O–H groups in total. The lowest BCUT2D eigenvalue weighted by molar-refractivity contribution is -0.120. The Hall–Kier alpha value is -3.64. The highest BCUT2D eigenvalue weighted by atomic mass is 16.5. The van der Waals surface area contributed by atoms with Crippen LogP contribution >= 0.6 is 0 Å². The summed E-state index contributed by atoms with van der Waals surface area (Å²) in [7, 11) is 0. The van der Waals surface area contributed by atoms with E-state index in [0.717, 1.165) is 51.1 Å². The van der Waals surface area contributed by atoms with Crippen molar-refractivity contribution in [3.8, 4) is 5.75 Å². The molecule has 188 valence electrons. The summed E-state index contributed by atoms with van der Waals surface area (Å²) in [6, 6.07) is 20.2. The van der Waals surface area contributed by atoms with Crippen molar-refractivity contribution in [2.75, 3.05) is 18.2 Å². The van der Waals surface area contributed by atoms with Crippen LogP contribution in [-0.2, 0) is 29.1 Å². The van der Waals surface area contributed by atoms with Crippen molar-refractivity contribution < 1.29 is 14.3 Å². The van der Waals surface area contributed by atoms with Crippen molar-refractivity contribution >= 4 is 22.6 Å². The largest absolute Gasteiger partial charge is 0.485 e. The van der Waals surface area contributed by atoms with E-state index in [1.807, 2.05) is 74.7 Å². The normalized spacial score (nSPS) is 11.1. The number of hydrogen-bond acceptors (Lipinski definition) is 4. The van der Waals surface area contributed by atoms with Crippen LogP contribution in [0.25, 0.3) is 11.0 Å². The third-order valence-corrected chi connectivity index (χ3v) is 6.43. The maximum atomic E-state index is 13.9. The van der Waals surface area contributed by atoms with Crippen LogP contribution in [0.3, 0.4) is 0 Å². The van der Waals surface area contributed by atoms with Crippen molar-refractivity contribution in [3.63, 3.8) is 0 Å². The second kappa shape index (κ2) is 11.4. The van der Waals surface area contributed by atoms with Crippen molar-refractivity contribution in [1.82, 2.24) is 9.55 Å². The Labute approximate surface area is 213 Å². The maximum Gasteiger partial charge on any atom is 0.248 e. The number of hydrogen-bond donors (Lipinski definition) is 0. The van der Waals surface area contributed by atoms with Crippen LogP contribution in [0.1, 0.15) is 41.9 Å². The first-order valence-corrected chi connectivity index (χ1v) is 12.5. The predicted octanol–water partition coefficient (Wildman–Crippen LogP) is 6.13. The van der Waals surface area contributed by atoms with Crippen molar-refractivity contribution in [3.05, 3.63) is 88.7 Å². The number of carbonyl (C=O) groups is 1. The SMILES string of the molecule is CCOCN(C(=O)Cn1c(COc2cc(C)ccc2C)nc2ccccc21)c1c(C)cccc1CC. The topological polar surface area (TPSA) is 56.6 Å². The first-order valence-electron chi connectivity index (χ1n) is 12.5. The average Bonchev–Trinajstić information content (AvgIpc) is 3.22. The molecule has 0 unspecified atom stereocenters. The number of para-hydroxylation sites is 3. The molecule has 36 heavy (non-hydrogen) atoms. The van der Waals surface area contributed by atoms with Gasteiger partial charge in [0.2, 0.25) is 5.91 Å². The van der Waals surface area contributed by atoms with E-state index in [0.29, 0.717) is 12.4 Å². The smallest absolute Gasteiger partial charge is 0.248 e. The van der Waals surface area contributed by atoms with Crippen molar-refractivity contribution in [2.45, 2.75) is 54.2 Å². The first-order chi connectivity index (χ1) is 17.4. The van der Waals surface area contributed by atoms with Gasteiger partial charge in [-0.15, -0.1) is 0 Å². The molecule has 0 aliphatic carbocycles. The second-order valence-corrected chi connectivity index (χ2v) is 9.04. The summed E-state index contributed by atoms with van der Waals surface area (Å²) in [6.45, 7) is 11.3. The van der Waals surface area contributed by atoms with Crippen LogP contribution in [0, 0.1) is 20.8 Å². The van der Waals surface area contributed by atoms with Gasteiger partial charge in [-0.1, -0.05) is 49.4 Å². The van der Waals surface area contributed by atoms with E-state index in [4.69, 9.17) is 14.5 Å². The van der Waals surface area contributed by atoms with E-state index in [-0.39, 0.29) is 25.8 Å². The minimum atomic E-state index is -0.0522. The highest BCUT2D eigenvalue weighted by molar-refractivity contribution is 5.95. The summed E-state index contributed by atoms with van der Waals surface area (Å²) in [5.41, 5.74) is 7.04. The molecule has 6 heteroatoms. The lowest BCUT2D eigenvalue weighted by Gasteiger charge is -2.27. The molecule has 3 aromatic carbocycles. The molecule has 1 heterocycles. The molecule has 0 fully saturated rings. The Morgan fingerprint density at radius 2 is 1.78 bits per heavy atom. The molecular formula is C30H35N3O3. The summed E-state index contributed by atoms with van der Waals surface area (Å²) in [5.74, 6) is 1.48. The summed E-state index contributed by atoms with van der Waals surface area (Å²) in [4.78, 5) is 20.4. The molecule has 0 saturated carbocycles. The fourth-order valence-corrected chi connectivity index (χ4v) is 4.47. The highest BCUT2D eigenvalue weighted by Crippen LogP contribution is 2.27. The maximum absolute atomic E-state index is 13.9. The van der Waals surface area contributed by atoms with Crippen molar-refractivity contribution in [1.29, 1.82) is 0 Å². The third kappa shape index (κ3) is 5.44. The van der Waals surface area contributed by atoms with Gasteiger partial charge in [-0.25, -0.2) is 4.98 Å². The Kier molecular flexibility index (Phi) is 8.06. The van der Waals surface area contributed by atoms with Crippen LogP contribution in [0.15, 0.2) is 60.7 Å². The summed E-state index contributed by atoms with van der Waals surface area (Å²) < 4.78 is 13.9. The Bertz CT molecular complexity index is 1360. The minimum Gasteiger partial charge on any atom is -0.485 e. The summed E-state index contributed by atoms with van der Waals surface area (Å²) in [6.07, 6.45) is 0.829. The molecule has 1 amide bonds. The number of nitrogens with zero attached hydrogens (tertiary/aromatic N) is 3. The highest BCUT2D eigenvalue weighted by Gasteiger charge is 2.23. The second-order valence-electron chi connectivity index (χ2n) is 9.04. The fourth-order valence-electron chi connectivity index (χ4n) is 4.47. The van der Waals surface area contributed by atoms with Gasteiger partial charge in [0.15, 0.2) is 0 Å². The lowest BCUT2D eigenvalue weighted by Crippen LogP contribution is -2.37. The number of aryl methyl sites for hydroxylation is 4. The number of benzene rings is 3. The zero-order valence-corrected chi connectivity index (χ0v) is 21.9. The summed E-state index contributed by atoms with van der Waals surface area (Å²) >= 11 is 0. The molecule has 0 aliphatic rings. The molecule has 0 radical (unpaired) electrons. The summed E-state index contributed by atoms with van der Waals surface area (Å²) in [5, 5.41) is 0. The molecule has 4 aromatic rings.